The number of aromatic nitrogens is 2. The van der Waals surface area contributed by atoms with E-state index >= 15 is 0 Å². The lowest BCUT2D eigenvalue weighted by Gasteiger charge is -2.11. The lowest BCUT2D eigenvalue weighted by molar-refractivity contribution is -0.116. The molecular weight excluding hydrogens is 294 g/mol. The maximum atomic E-state index is 12.0. The van der Waals surface area contributed by atoms with Gasteiger partial charge in [0.25, 0.3) is 11.6 Å². The Hall–Kier alpha value is -2.34. The van der Waals surface area contributed by atoms with Gasteiger partial charge in [-0.2, -0.15) is 0 Å². The van der Waals surface area contributed by atoms with E-state index in [4.69, 9.17) is 16.3 Å². The Labute approximate surface area is 126 Å². The van der Waals surface area contributed by atoms with Gasteiger partial charge in [-0.25, -0.2) is 4.98 Å². The van der Waals surface area contributed by atoms with Crippen LogP contribution in [-0.2, 0) is 11.3 Å². The molecule has 1 amide bonds. The summed E-state index contributed by atoms with van der Waals surface area (Å²) in [6.07, 6.45) is 0. The summed E-state index contributed by atoms with van der Waals surface area (Å²) in [5.74, 6) is -0.358. The molecule has 0 unspecified atom stereocenters. The Morgan fingerprint density at radius 3 is 2.67 bits per heavy atom. The van der Waals surface area contributed by atoms with Gasteiger partial charge in [0.1, 0.15) is 6.54 Å². The molecule has 1 heterocycles. The van der Waals surface area contributed by atoms with Gasteiger partial charge in [0, 0.05) is 22.5 Å². The fourth-order valence-electron chi connectivity index (χ4n) is 1.77. The highest BCUT2D eigenvalue weighted by atomic mass is 35.5. The van der Waals surface area contributed by atoms with E-state index in [-0.39, 0.29) is 24.0 Å². The van der Waals surface area contributed by atoms with Crippen molar-refractivity contribution in [2.45, 2.75) is 13.5 Å². The molecule has 2 rings (SSSR count). The van der Waals surface area contributed by atoms with Gasteiger partial charge in [0.2, 0.25) is 5.91 Å². The lowest BCUT2D eigenvalue weighted by Crippen LogP contribution is -2.29. The zero-order chi connectivity index (χ0) is 15.4. The van der Waals surface area contributed by atoms with E-state index in [9.17, 15) is 9.59 Å². The van der Waals surface area contributed by atoms with Crippen molar-refractivity contribution in [1.82, 2.24) is 9.55 Å². The highest BCUT2D eigenvalue weighted by Crippen LogP contribution is 2.13. The molecule has 110 valence electrons. The number of carbonyl (C=O) groups is 1. The van der Waals surface area contributed by atoms with Crippen molar-refractivity contribution >= 4 is 23.2 Å². The fourth-order valence-corrected chi connectivity index (χ4v) is 1.90. The Morgan fingerprint density at radius 2 is 2.05 bits per heavy atom. The number of nitrogens with zero attached hydrogens (tertiary/aromatic N) is 2. The van der Waals surface area contributed by atoms with Crippen LogP contribution in [0.1, 0.15) is 5.69 Å². The molecule has 0 aliphatic heterocycles. The van der Waals surface area contributed by atoms with Gasteiger partial charge in [-0.1, -0.05) is 11.6 Å². The van der Waals surface area contributed by atoms with Crippen molar-refractivity contribution in [3.63, 3.8) is 0 Å². The molecule has 0 aliphatic rings. The van der Waals surface area contributed by atoms with Crippen LogP contribution in [0.4, 0.5) is 5.69 Å². The predicted octanol–water partition coefficient (Wildman–Crippen LogP) is 1.85. The van der Waals surface area contributed by atoms with Crippen molar-refractivity contribution in [3.05, 3.63) is 51.4 Å². The molecule has 1 N–H and O–H groups in total. The molecule has 1 aromatic carbocycles. The highest BCUT2D eigenvalue weighted by molar-refractivity contribution is 6.30. The van der Waals surface area contributed by atoms with Crippen molar-refractivity contribution in [3.8, 4) is 6.01 Å². The molecule has 0 bridgehead atoms. The molecular formula is C14H14ClN3O3. The van der Waals surface area contributed by atoms with E-state index < -0.39 is 0 Å². The monoisotopic (exact) mass is 307 g/mol. The standard InChI is InChI=1S/C14H14ClN3O3/c1-9-7-13(20)18(14(16-9)21-2)8-12(19)17-11-5-3-10(15)4-6-11/h3-7H,8H2,1-2H3,(H,17,19). The minimum Gasteiger partial charge on any atom is -0.468 e. The smallest absolute Gasteiger partial charge is 0.299 e. The molecule has 0 fully saturated rings. The summed E-state index contributed by atoms with van der Waals surface area (Å²) in [5.41, 5.74) is 0.785. The van der Waals surface area contributed by atoms with E-state index in [2.05, 4.69) is 10.3 Å². The first-order valence-corrected chi connectivity index (χ1v) is 6.55. The zero-order valence-corrected chi connectivity index (χ0v) is 12.3. The summed E-state index contributed by atoms with van der Waals surface area (Å²) < 4.78 is 6.19. The van der Waals surface area contributed by atoms with E-state index in [0.717, 1.165) is 4.57 Å². The number of hydrogen-bond donors (Lipinski definition) is 1. The molecule has 0 spiro atoms. The second-order valence-corrected chi connectivity index (χ2v) is 4.80. The van der Waals surface area contributed by atoms with Crippen LogP contribution < -0.4 is 15.6 Å². The quantitative estimate of drug-likeness (QED) is 0.935. The summed E-state index contributed by atoms with van der Waals surface area (Å²) >= 11 is 5.77. The number of amides is 1. The molecule has 0 saturated heterocycles. The van der Waals surface area contributed by atoms with Gasteiger partial charge in [0.05, 0.1) is 7.11 Å². The van der Waals surface area contributed by atoms with Crippen LogP contribution >= 0.6 is 11.6 Å². The fraction of sp³-hybridized carbons (Fsp3) is 0.214. The largest absolute Gasteiger partial charge is 0.468 e. The van der Waals surface area contributed by atoms with Crippen molar-refractivity contribution in [2.24, 2.45) is 0 Å². The number of halogens is 1. The molecule has 7 heteroatoms. The summed E-state index contributed by atoms with van der Waals surface area (Å²) in [6.45, 7) is 1.50. The van der Waals surface area contributed by atoms with Gasteiger partial charge in [0.15, 0.2) is 0 Å². The number of hydrogen-bond acceptors (Lipinski definition) is 4. The first-order chi connectivity index (χ1) is 9.99. The molecule has 1 aromatic heterocycles. The van der Waals surface area contributed by atoms with Crippen molar-refractivity contribution in [1.29, 1.82) is 0 Å². The van der Waals surface area contributed by atoms with Gasteiger partial charge >= 0.3 is 0 Å². The van der Waals surface area contributed by atoms with Gasteiger partial charge < -0.3 is 10.1 Å². The van der Waals surface area contributed by atoms with E-state index in [0.29, 0.717) is 16.4 Å². The van der Waals surface area contributed by atoms with Crippen LogP contribution in [0.2, 0.25) is 5.02 Å². The van der Waals surface area contributed by atoms with Crippen LogP contribution in [0.5, 0.6) is 6.01 Å². The first-order valence-electron chi connectivity index (χ1n) is 6.17. The Bertz CT molecular complexity index is 710. The van der Waals surface area contributed by atoms with Crippen molar-refractivity contribution in [2.75, 3.05) is 12.4 Å². The predicted molar refractivity (Wildman–Crippen MR) is 79.9 cm³/mol. The average molecular weight is 308 g/mol. The second kappa shape index (κ2) is 6.41. The highest BCUT2D eigenvalue weighted by Gasteiger charge is 2.11. The number of aryl methyl sites for hydroxylation is 1. The number of ether oxygens (including phenoxy) is 1. The number of anilines is 1. The topological polar surface area (TPSA) is 73.2 Å². The maximum Gasteiger partial charge on any atom is 0.299 e. The third-order valence-electron chi connectivity index (χ3n) is 2.71. The number of methoxy groups -OCH3 is 1. The number of carbonyl (C=O) groups excluding carboxylic acids is 1. The van der Waals surface area contributed by atoms with Crippen LogP contribution in [0.15, 0.2) is 35.1 Å². The average Bonchev–Trinajstić information content (AvgIpc) is 2.44. The summed E-state index contributed by atoms with van der Waals surface area (Å²) in [7, 11) is 1.40. The number of rotatable bonds is 4. The lowest BCUT2D eigenvalue weighted by atomic mass is 10.3. The van der Waals surface area contributed by atoms with Crippen molar-refractivity contribution < 1.29 is 9.53 Å². The van der Waals surface area contributed by atoms with Gasteiger partial charge in [-0.05, 0) is 31.2 Å². The normalized spacial score (nSPS) is 10.2. The van der Waals surface area contributed by atoms with E-state index in [1.165, 1.54) is 13.2 Å². The van der Waals surface area contributed by atoms with Crippen LogP contribution in [-0.4, -0.2) is 22.6 Å². The molecule has 0 atom stereocenters. The summed E-state index contributed by atoms with van der Waals surface area (Å²) in [6, 6.07) is 8.12. The first kappa shape index (κ1) is 15.1. The van der Waals surface area contributed by atoms with Crippen LogP contribution in [0.25, 0.3) is 0 Å². The minimum atomic E-state index is -0.358. The van der Waals surface area contributed by atoms with Gasteiger partial charge in [-0.3, -0.25) is 14.2 Å². The molecule has 21 heavy (non-hydrogen) atoms. The second-order valence-electron chi connectivity index (χ2n) is 4.36. The van der Waals surface area contributed by atoms with Gasteiger partial charge in [-0.15, -0.1) is 0 Å². The maximum absolute atomic E-state index is 12.0. The molecule has 2 aromatic rings. The molecule has 0 saturated carbocycles. The molecule has 0 aliphatic carbocycles. The SMILES string of the molecule is COc1nc(C)cc(=O)n1CC(=O)Nc1ccc(Cl)cc1. The third kappa shape index (κ3) is 3.82. The zero-order valence-electron chi connectivity index (χ0n) is 11.6. The Balaban J connectivity index is 2.16. The number of benzene rings is 1. The Kier molecular flexibility index (Phi) is 4.59. The Morgan fingerprint density at radius 1 is 1.38 bits per heavy atom. The van der Waals surface area contributed by atoms with Crippen LogP contribution in [0, 0.1) is 6.92 Å². The number of nitrogens with one attached hydrogen (secondary N) is 1. The molecule has 6 nitrogen and oxygen atoms in total. The molecule has 0 radical (unpaired) electrons. The third-order valence-corrected chi connectivity index (χ3v) is 2.97. The van der Waals surface area contributed by atoms with Crippen LogP contribution in [0.3, 0.4) is 0 Å². The van der Waals surface area contributed by atoms with E-state index in [1.807, 2.05) is 0 Å². The van der Waals surface area contributed by atoms with E-state index in [1.54, 1.807) is 31.2 Å². The summed E-state index contributed by atoms with van der Waals surface area (Å²) in [5, 5.41) is 3.25. The minimum absolute atomic E-state index is 0.103. The summed E-state index contributed by atoms with van der Waals surface area (Å²) in [4.78, 5) is 28.0.